The van der Waals surface area contributed by atoms with Crippen LogP contribution in [0.3, 0.4) is 0 Å². The van der Waals surface area contributed by atoms with E-state index in [0.29, 0.717) is 26.1 Å². The third-order valence-electron chi connectivity index (χ3n) is 8.75. The standard InChI is InChI=1S/C35H50N6O9/c1-35(2,3)50-34(48)38-23-14-19-40(20-15-23)21-16-27(42)36-17-7-5-4-6-8-18-37-29(44)22-49-26-11-9-10-24-30(26)33(47)41(32(24)46)25-12-13-28(43)39-31(25)45/h9-11,23,25H,4-8,12-22H2,1-3H3,(H,36,42)(H,37,44)(H,38,48)(H,39,43,45). The third kappa shape index (κ3) is 11.3. The number of carbonyl (C=O) groups excluding carboxylic acids is 7. The summed E-state index contributed by atoms with van der Waals surface area (Å²) < 4.78 is 10.9. The molecule has 1 aromatic carbocycles. The van der Waals surface area contributed by atoms with Crippen LogP contribution in [0.15, 0.2) is 18.2 Å². The number of amides is 7. The first-order valence-corrected chi connectivity index (χ1v) is 17.5. The van der Waals surface area contributed by atoms with Gasteiger partial charge in [0, 0.05) is 51.6 Å². The van der Waals surface area contributed by atoms with Gasteiger partial charge in [0.25, 0.3) is 17.7 Å². The van der Waals surface area contributed by atoms with E-state index in [9.17, 15) is 33.6 Å². The lowest BCUT2D eigenvalue weighted by molar-refractivity contribution is -0.136. The minimum atomic E-state index is -1.09. The summed E-state index contributed by atoms with van der Waals surface area (Å²) in [5.74, 6) is -2.75. The Morgan fingerprint density at radius 2 is 1.54 bits per heavy atom. The average Bonchev–Trinajstić information content (AvgIpc) is 3.31. The summed E-state index contributed by atoms with van der Waals surface area (Å²) in [4.78, 5) is 89.6. The Balaban J connectivity index is 1.01. The van der Waals surface area contributed by atoms with Crippen molar-refractivity contribution in [3.05, 3.63) is 29.3 Å². The smallest absolute Gasteiger partial charge is 0.407 e. The number of hydrogen-bond donors (Lipinski definition) is 4. The lowest BCUT2D eigenvalue weighted by Crippen LogP contribution is -2.54. The van der Waals surface area contributed by atoms with Gasteiger partial charge >= 0.3 is 6.09 Å². The van der Waals surface area contributed by atoms with E-state index >= 15 is 0 Å². The Labute approximate surface area is 292 Å². The number of unbranched alkanes of at least 4 members (excludes halogenated alkanes) is 4. The fraction of sp³-hybridized carbons (Fsp3) is 0.629. The number of nitrogens with zero attached hydrogens (tertiary/aromatic N) is 2. The van der Waals surface area contributed by atoms with E-state index in [4.69, 9.17) is 9.47 Å². The van der Waals surface area contributed by atoms with E-state index in [1.54, 1.807) is 0 Å². The first kappa shape index (κ1) is 38.3. The number of ether oxygens (including phenoxy) is 2. The molecule has 0 radical (unpaired) electrons. The number of rotatable bonds is 16. The number of piperidine rings is 2. The average molecular weight is 699 g/mol. The van der Waals surface area contributed by atoms with Crippen molar-refractivity contribution in [2.75, 3.05) is 39.3 Å². The highest BCUT2D eigenvalue weighted by Gasteiger charge is 2.46. The van der Waals surface area contributed by atoms with E-state index in [1.807, 2.05) is 20.8 Å². The third-order valence-corrected chi connectivity index (χ3v) is 8.75. The van der Waals surface area contributed by atoms with Gasteiger partial charge in [0.2, 0.25) is 17.7 Å². The second-order valence-corrected chi connectivity index (χ2v) is 13.9. The molecule has 4 N–H and O–H groups in total. The van der Waals surface area contributed by atoms with Crippen LogP contribution in [0.2, 0.25) is 0 Å². The van der Waals surface area contributed by atoms with Gasteiger partial charge in [-0.25, -0.2) is 4.79 Å². The molecule has 50 heavy (non-hydrogen) atoms. The van der Waals surface area contributed by atoms with Gasteiger partial charge in [-0.15, -0.1) is 0 Å². The first-order chi connectivity index (χ1) is 23.8. The highest BCUT2D eigenvalue weighted by Crippen LogP contribution is 2.33. The fourth-order valence-corrected chi connectivity index (χ4v) is 6.16. The van der Waals surface area contributed by atoms with Crippen molar-refractivity contribution in [1.82, 2.24) is 31.1 Å². The summed E-state index contributed by atoms with van der Waals surface area (Å²) in [5.41, 5.74) is -0.440. The molecule has 3 aliphatic rings. The van der Waals surface area contributed by atoms with Crippen molar-refractivity contribution in [3.63, 3.8) is 0 Å². The number of hydrogen-bond acceptors (Lipinski definition) is 10. The lowest BCUT2D eigenvalue weighted by atomic mass is 10.0. The molecule has 0 saturated carbocycles. The van der Waals surface area contributed by atoms with Crippen LogP contribution in [0, 0.1) is 0 Å². The maximum Gasteiger partial charge on any atom is 0.407 e. The van der Waals surface area contributed by atoms with E-state index < -0.39 is 35.3 Å². The molecule has 2 saturated heterocycles. The van der Waals surface area contributed by atoms with Crippen LogP contribution in [-0.4, -0.2) is 108 Å². The van der Waals surface area contributed by atoms with Crippen LogP contribution in [0.5, 0.6) is 5.75 Å². The molecule has 0 aliphatic carbocycles. The number of fused-ring (bicyclic) bond motifs is 1. The fourth-order valence-electron chi connectivity index (χ4n) is 6.16. The molecular weight excluding hydrogens is 648 g/mol. The minimum absolute atomic E-state index is 0.00239. The SMILES string of the molecule is CC(C)(C)OC(=O)NC1CCN(CCC(=O)NCCCCCCCNC(=O)COc2cccc3c2C(=O)N(C2CCC(=O)NC2=O)C3=O)CC1. The van der Waals surface area contributed by atoms with Gasteiger partial charge in [-0.2, -0.15) is 0 Å². The zero-order chi connectivity index (χ0) is 36.3. The molecule has 0 spiro atoms. The molecule has 3 aliphatic heterocycles. The van der Waals surface area contributed by atoms with E-state index in [2.05, 4.69) is 26.2 Å². The Kier molecular flexibility index (Phi) is 13.7. The molecule has 1 aromatic rings. The highest BCUT2D eigenvalue weighted by molar-refractivity contribution is 6.24. The Morgan fingerprint density at radius 3 is 2.20 bits per heavy atom. The summed E-state index contributed by atoms with van der Waals surface area (Å²) in [7, 11) is 0. The Bertz CT molecular complexity index is 1430. The van der Waals surface area contributed by atoms with Gasteiger partial charge in [-0.05, 0) is 65.0 Å². The van der Waals surface area contributed by atoms with Crippen LogP contribution in [0.25, 0.3) is 0 Å². The number of likely N-dealkylation sites (tertiary alicyclic amines) is 1. The van der Waals surface area contributed by atoms with Gasteiger partial charge in [-0.1, -0.05) is 25.3 Å². The van der Waals surface area contributed by atoms with Crippen molar-refractivity contribution in [2.45, 2.75) is 103 Å². The molecule has 7 amide bonds. The van der Waals surface area contributed by atoms with Crippen molar-refractivity contribution >= 4 is 41.5 Å². The first-order valence-electron chi connectivity index (χ1n) is 17.5. The second-order valence-electron chi connectivity index (χ2n) is 13.9. The molecule has 15 nitrogen and oxygen atoms in total. The maximum absolute atomic E-state index is 13.1. The van der Waals surface area contributed by atoms with Crippen LogP contribution in [0.4, 0.5) is 4.79 Å². The van der Waals surface area contributed by atoms with Crippen molar-refractivity contribution in [3.8, 4) is 5.75 Å². The molecule has 274 valence electrons. The summed E-state index contributed by atoms with van der Waals surface area (Å²) in [6.07, 6.45) is 6.25. The normalized spacial score (nSPS) is 18.4. The monoisotopic (exact) mass is 698 g/mol. The van der Waals surface area contributed by atoms with Crippen molar-refractivity contribution in [1.29, 1.82) is 0 Å². The van der Waals surface area contributed by atoms with Gasteiger partial charge in [0.05, 0.1) is 11.1 Å². The lowest BCUT2D eigenvalue weighted by Gasteiger charge is -2.32. The number of carbonyl (C=O) groups is 7. The van der Waals surface area contributed by atoms with Crippen LogP contribution >= 0.6 is 0 Å². The molecule has 3 heterocycles. The summed E-state index contributed by atoms with van der Waals surface area (Å²) >= 11 is 0. The van der Waals surface area contributed by atoms with Crippen molar-refractivity contribution in [2.24, 2.45) is 0 Å². The summed E-state index contributed by atoms with van der Waals surface area (Å²) in [6.45, 7) is 8.59. The van der Waals surface area contributed by atoms with E-state index in [0.717, 1.165) is 62.9 Å². The quantitative estimate of drug-likeness (QED) is 0.147. The topological polar surface area (TPSA) is 193 Å². The summed E-state index contributed by atoms with van der Waals surface area (Å²) in [5, 5.41) is 10.9. The number of imide groups is 2. The molecule has 1 atom stereocenters. The zero-order valence-corrected chi connectivity index (χ0v) is 29.3. The molecule has 0 bridgehead atoms. The van der Waals surface area contributed by atoms with E-state index in [1.165, 1.54) is 18.2 Å². The van der Waals surface area contributed by atoms with Gasteiger partial charge in [0.15, 0.2) is 6.61 Å². The van der Waals surface area contributed by atoms with E-state index in [-0.39, 0.29) is 60.3 Å². The second kappa shape index (κ2) is 17.9. The molecular formula is C35H50N6O9. The Morgan fingerprint density at radius 1 is 0.880 bits per heavy atom. The molecule has 0 aromatic heterocycles. The van der Waals surface area contributed by atoms with Crippen LogP contribution in [0.1, 0.15) is 106 Å². The molecule has 15 heteroatoms. The zero-order valence-electron chi connectivity index (χ0n) is 29.3. The highest BCUT2D eigenvalue weighted by atomic mass is 16.6. The van der Waals surface area contributed by atoms with Gasteiger partial charge < -0.3 is 30.3 Å². The maximum atomic E-state index is 13.1. The van der Waals surface area contributed by atoms with Crippen LogP contribution < -0.4 is 26.0 Å². The molecule has 4 rings (SSSR count). The van der Waals surface area contributed by atoms with Gasteiger partial charge in [-0.3, -0.25) is 39.0 Å². The number of benzene rings is 1. The predicted molar refractivity (Wildman–Crippen MR) is 181 cm³/mol. The largest absolute Gasteiger partial charge is 0.483 e. The molecule has 1 unspecified atom stereocenters. The van der Waals surface area contributed by atoms with Crippen molar-refractivity contribution < 1.29 is 43.0 Å². The summed E-state index contributed by atoms with van der Waals surface area (Å²) in [6, 6.07) is 3.50. The predicted octanol–water partition coefficient (Wildman–Crippen LogP) is 2.03. The number of nitrogens with one attached hydrogen (secondary N) is 4. The van der Waals surface area contributed by atoms with Gasteiger partial charge in [0.1, 0.15) is 17.4 Å². The Hall–Kier alpha value is -4.53. The minimum Gasteiger partial charge on any atom is -0.483 e. The molecule has 2 fully saturated rings. The van der Waals surface area contributed by atoms with Crippen LogP contribution in [-0.2, 0) is 23.9 Å². The number of alkyl carbamates (subject to hydrolysis) is 1.